The number of nitrogens with one attached hydrogen (secondary N) is 1. The highest BCUT2D eigenvalue weighted by atomic mass is 19.1. The van der Waals surface area contributed by atoms with Crippen molar-refractivity contribution in [3.05, 3.63) is 29.8 Å². The zero-order chi connectivity index (χ0) is 15.2. The van der Waals surface area contributed by atoms with Crippen LogP contribution in [0.15, 0.2) is 23.4 Å². The van der Waals surface area contributed by atoms with Gasteiger partial charge in [-0.3, -0.25) is 0 Å². The molecule has 1 aromatic carbocycles. The van der Waals surface area contributed by atoms with Gasteiger partial charge in [0.2, 0.25) is 0 Å². The number of nitrogens with zero attached hydrogens (tertiary/aromatic N) is 1. The molecule has 0 spiro atoms. The number of halogens is 2. The lowest BCUT2D eigenvalue weighted by molar-refractivity contribution is 0.304. The van der Waals surface area contributed by atoms with Crippen LogP contribution in [0.5, 0.6) is 0 Å². The summed E-state index contributed by atoms with van der Waals surface area (Å²) in [6.07, 6.45) is 2.26. The predicted octanol–water partition coefficient (Wildman–Crippen LogP) is 3.32. The lowest BCUT2D eigenvalue weighted by Gasteiger charge is -2.22. The van der Waals surface area contributed by atoms with Crippen molar-refractivity contribution < 1.29 is 14.0 Å². The van der Waals surface area contributed by atoms with Gasteiger partial charge in [-0.15, -0.1) is 0 Å². The van der Waals surface area contributed by atoms with E-state index in [4.69, 9.17) is 10.9 Å². The van der Waals surface area contributed by atoms with Crippen molar-refractivity contribution in [2.75, 3.05) is 11.9 Å². The summed E-state index contributed by atoms with van der Waals surface area (Å²) in [5, 5.41) is 14.4. The molecule has 0 atom stereocenters. The molecule has 0 aromatic heterocycles. The Labute approximate surface area is 117 Å². The van der Waals surface area contributed by atoms with Crippen LogP contribution in [-0.4, -0.2) is 17.6 Å². The zero-order valence-electron chi connectivity index (χ0n) is 11.8. The standard InChI is InChI=1S/C14H21F2N3O/c1-14(2,13(17)19-20)8-3-4-9-18-12-10(15)6-5-7-11(12)16/h5-7,18,20H,3-4,8-9H2,1-2H3,(H2,17,19). The van der Waals surface area contributed by atoms with Gasteiger partial charge in [-0.25, -0.2) is 8.78 Å². The van der Waals surface area contributed by atoms with Crippen molar-refractivity contribution in [2.45, 2.75) is 33.1 Å². The lowest BCUT2D eigenvalue weighted by Crippen LogP contribution is -2.31. The molecule has 0 saturated carbocycles. The summed E-state index contributed by atoms with van der Waals surface area (Å²) in [6, 6.07) is 3.76. The highest BCUT2D eigenvalue weighted by Gasteiger charge is 2.22. The van der Waals surface area contributed by atoms with Gasteiger partial charge in [0.1, 0.15) is 23.2 Å². The molecule has 0 unspecified atom stereocenters. The molecule has 0 aliphatic heterocycles. The third-order valence-corrected chi connectivity index (χ3v) is 3.29. The molecular weight excluding hydrogens is 264 g/mol. The van der Waals surface area contributed by atoms with Crippen molar-refractivity contribution in [1.82, 2.24) is 0 Å². The van der Waals surface area contributed by atoms with Gasteiger partial charge in [0, 0.05) is 12.0 Å². The maximum atomic E-state index is 13.3. The van der Waals surface area contributed by atoms with Crippen LogP contribution in [0.1, 0.15) is 33.1 Å². The summed E-state index contributed by atoms with van der Waals surface area (Å²) in [4.78, 5) is 0. The molecule has 0 bridgehead atoms. The Hall–Kier alpha value is -1.85. The van der Waals surface area contributed by atoms with Gasteiger partial charge in [0.25, 0.3) is 0 Å². The van der Waals surface area contributed by atoms with Gasteiger partial charge in [0.05, 0.1) is 0 Å². The predicted molar refractivity (Wildman–Crippen MR) is 75.9 cm³/mol. The van der Waals surface area contributed by atoms with E-state index in [0.717, 1.165) is 19.3 Å². The first-order chi connectivity index (χ1) is 9.38. The Balaban J connectivity index is 2.36. The summed E-state index contributed by atoms with van der Waals surface area (Å²) in [7, 11) is 0. The second-order valence-electron chi connectivity index (χ2n) is 5.35. The number of unbranched alkanes of at least 4 members (excludes halogenated alkanes) is 1. The van der Waals surface area contributed by atoms with Crippen LogP contribution >= 0.6 is 0 Å². The minimum atomic E-state index is -0.595. The minimum absolute atomic E-state index is 0.0943. The number of nitrogens with two attached hydrogens (primary N) is 1. The minimum Gasteiger partial charge on any atom is -0.409 e. The molecule has 20 heavy (non-hydrogen) atoms. The molecule has 0 fully saturated rings. The molecule has 1 aromatic rings. The second-order valence-corrected chi connectivity index (χ2v) is 5.35. The van der Waals surface area contributed by atoms with E-state index in [1.807, 2.05) is 13.8 Å². The number of para-hydroxylation sites is 1. The van der Waals surface area contributed by atoms with E-state index >= 15 is 0 Å². The Kier molecular flexibility index (Phi) is 5.73. The number of amidine groups is 1. The van der Waals surface area contributed by atoms with Gasteiger partial charge in [-0.05, 0) is 25.0 Å². The van der Waals surface area contributed by atoms with Crippen molar-refractivity contribution in [2.24, 2.45) is 16.3 Å². The van der Waals surface area contributed by atoms with E-state index in [1.54, 1.807) is 0 Å². The largest absolute Gasteiger partial charge is 0.409 e. The molecule has 0 heterocycles. The Morgan fingerprint density at radius 1 is 1.30 bits per heavy atom. The number of anilines is 1. The normalized spacial score (nSPS) is 12.5. The van der Waals surface area contributed by atoms with Crippen LogP contribution in [0.25, 0.3) is 0 Å². The lowest BCUT2D eigenvalue weighted by atomic mass is 9.86. The molecule has 112 valence electrons. The molecule has 0 amide bonds. The summed E-state index contributed by atoms with van der Waals surface area (Å²) in [5.74, 6) is -1.01. The van der Waals surface area contributed by atoms with E-state index in [0.29, 0.717) is 6.54 Å². The Morgan fingerprint density at radius 2 is 1.90 bits per heavy atom. The summed E-state index contributed by atoms with van der Waals surface area (Å²) in [6.45, 7) is 4.22. The fraction of sp³-hybridized carbons (Fsp3) is 0.500. The van der Waals surface area contributed by atoms with Crippen molar-refractivity contribution in [3.63, 3.8) is 0 Å². The van der Waals surface area contributed by atoms with Crippen LogP contribution in [0, 0.1) is 17.0 Å². The van der Waals surface area contributed by atoms with E-state index in [-0.39, 0.29) is 11.5 Å². The quantitative estimate of drug-likeness (QED) is 0.237. The summed E-state index contributed by atoms with van der Waals surface area (Å²) in [5.41, 5.74) is 5.10. The number of benzene rings is 1. The van der Waals surface area contributed by atoms with Crippen LogP contribution < -0.4 is 11.1 Å². The maximum absolute atomic E-state index is 13.3. The van der Waals surface area contributed by atoms with Crippen LogP contribution in [-0.2, 0) is 0 Å². The average Bonchev–Trinajstić information content (AvgIpc) is 2.40. The smallest absolute Gasteiger partial charge is 0.149 e. The van der Waals surface area contributed by atoms with Crippen LogP contribution in [0.2, 0.25) is 0 Å². The van der Waals surface area contributed by atoms with Crippen LogP contribution in [0.3, 0.4) is 0 Å². The summed E-state index contributed by atoms with van der Waals surface area (Å²) < 4.78 is 26.7. The van der Waals surface area contributed by atoms with E-state index < -0.39 is 17.0 Å². The zero-order valence-corrected chi connectivity index (χ0v) is 11.8. The van der Waals surface area contributed by atoms with Gasteiger partial charge >= 0.3 is 0 Å². The SMILES string of the molecule is CC(C)(CCCCNc1c(F)cccc1F)/C(N)=N/O. The van der Waals surface area contributed by atoms with Gasteiger partial charge in [-0.1, -0.05) is 31.5 Å². The third kappa shape index (κ3) is 4.36. The van der Waals surface area contributed by atoms with Gasteiger partial charge in [-0.2, -0.15) is 0 Å². The van der Waals surface area contributed by atoms with E-state index in [1.165, 1.54) is 18.2 Å². The van der Waals surface area contributed by atoms with Crippen molar-refractivity contribution in [3.8, 4) is 0 Å². The number of rotatable bonds is 7. The molecule has 4 nitrogen and oxygen atoms in total. The topological polar surface area (TPSA) is 70.6 Å². The molecule has 0 radical (unpaired) electrons. The molecule has 4 N–H and O–H groups in total. The van der Waals surface area contributed by atoms with E-state index in [9.17, 15) is 8.78 Å². The van der Waals surface area contributed by atoms with Crippen molar-refractivity contribution in [1.29, 1.82) is 0 Å². The molecule has 1 rings (SSSR count). The first-order valence-electron chi connectivity index (χ1n) is 6.54. The van der Waals surface area contributed by atoms with Gasteiger partial charge in [0.15, 0.2) is 0 Å². The first-order valence-corrected chi connectivity index (χ1v) is 6.54. The molecule has 0 aliphatic rings. The average molecular weight is 285 g/mol. The second kappa shape index (κ2) is 7.07. The molecular formula is C14H21F2N3O. The molecule has 0 saturated heterocycles. The number of hydrogen-bond acceptors (Lipinski definition) is 3. The van der Waals surface area contributed by atoms with Crippen molar-refractivity contribution >= 4 is 11.5 Å². The maximum Gasteiger partial charge on any atom is 0.149 e. The third-order valence-electron chi connectivity index (χ3n) is 3.29. The number of oxime groups is 1. The fourth-order valence-electron chi connectivity index (χ4n) is 1.84. The molecule has 0 aliphatic carbocycles. The highest BCUT2D eigenvalue weighted by molar-refractivity contribution is 5.85. The van der Waals surface area contributed by atoms with Gasteiger partial charge < -0.3 is 16.3 Å². The fourth-order valence-corrected chi connectivity index (χ4v) is 1.84. The first kappa shape index (κ1) is 16.2. The summed E-state index contributed by atoms with van der Waals surface area (Å²) >= 11 is 0. The van der Waals surface area contributed by atoms with E-state index in [2.05, 4.69) is 10.5 Å². The van der Waals surface area contributed by atoms with Crippen LogP contribution in [0.4, 0.5) is 14.5 Å². The monoisotopic (exact) mass is 285 g/mol. The Morgan fingerprint density at radius 3 is 2.45 bits per heavy atom. The number of hydrogen-bond donors (Lipinski definition) is 3. The molecule has 6 heteroatoms. The Bertz CT molecular complexity index is 455. The highest BCUT2D eigenvalue weighted by Crippen LogP contribution is 2.23.